The number of hydrogen-bond donors (Lipinski definition) is 1. The number of nitrogens with one attached hydrogen (secondary N) is 1. The first kappa shape index (κ1) is 18.7. The molecule has 146 valence electrons. The van der Waals surface area contributed by atoms with Crippen molar-refractivity contribution in [3.63, 3.8) is 0 Å². The van der Waals surface area contributed by atoms with Crippen LogP contribution in [0.2, 0.25) is 0 Å². The van der Waals surface area contributed by atoms with Crippen molar-refractivity contribution in [1.82, 2.24) is 29.6 Å². The summed E-state index contributed by atoms with van der Waals surface area (Å²) in [6.07, 6.45) is 3.19. The van der Waals surface area contributed by atoms with Gasteiger partial charge in [0.2, 0.25) is 5.95 Å². The largest absolute Gasteiger partial charge is 0.340 e. The van der Waals surface area contributed by atoms with Crippen molar-refractivity contribution in [2.75, 3.05) is 31.1 Å². The molecule has 9 nitrogen and oxygen atoms in total. The van der Waals surface area contributed by atoms with E-state index in [4.69, 9.17) is 0 Å². The van der Waals surface area contributed by atoms with Gasteiger partial charge in [-0.3, -0.25) is 14.3 Å². The fraction of sp³-hybridized carbons (Fsp3) is 0.350. The number of fused-ring (bicyclic) bond motifs is 1. The monoisotopic (exact) mass is 388 g/mol. The standard InChI is InChI=1S/C20H20N8O/c1-2-3-9-27-18-16(25-20(27)26-10-7-22-8-11-26)13-24-28(19(18)29)14-17-15(12-21)5-4-6-23-17/h4-6,13,22H,7-11,14H2,1H3. The minimum absolute atomic E-state index is 0.117. The summed E-state index contributed by atoms with van der Waals surface area (Å²) in [7, 11) is 0. The maximum atomic E-state index is 13.3. The van der Waals surface area contributed by atoms with E-state index in [1.807, 2.05) is 4.57 Å². The zero-order valence-electron chi connectivity index (χ0n) is 16.1. The lowest BCUT2D eigenvalue weighted by Crippen LogP contribution is -2.44. The van der Waals surface area contributed by atoms with Gasteiger partial charge in [-0.15, -0.1) is 5.92 Å². The first-order valence-corrected chi connectivity index (χ1v) is 9.38. The number of rotatable bonds is 4. The van der Waals surface area contributed by atoms with Crippen LogP contribution >= 0.6 is 0 Å². The van der Waals surface area contributed by atoms with Gasteiger partial charge in [-0.05, 0) is 19.1 Å². The topological polar surface area (TPSA) is 105 Å². The van der Waals surface area contributed by atoms with E-state index in [0.29, 0.717) is 28.8 Å². The third-order valence-corrected chi connectivity index (χ3v) is 4.85. The van der Waals surface area contributed by atoms with Crippen molar-refractivity contribution in [2.24, 2.45) is 0 Å². The molecule has 1 saturated heterocycles. The molecule has 0 aliphatic carbocycles. The lowest BCUT2D eigenvalue weighted by atomic mass is 10.2. The molecule has 0 amide bonds. The molecule has 0 aromatic carbocycles. The Kier molecular flexibility index (Phi) is 5.23. The highest BCUT2D eigenvalue weighted by Gasteiger charge is 2.21. The van der Waals surface area contributed by atoms with E-state index >= 15 is 0 Å². The number of aromatic nitrogens is 5. The number of anilines is 1. The van der Waals surface area contributed by atoms with Gasteiger partial charge in [0.05, 0.1) is 30.5 Å². The summed E-state index contributed by atoms with van der Waals surface area (Å²) in [6.45, 7) is 5.61. The van der Waals surface area contributed by atoms with Crippen LogP contribution in [0.15, 0.2) is 29.3 Å². The maximum Gasteiger partial charge on any atom is 0.293 e. The van der Waals surface area contributed by atoms with E-state index in [0.717, 1.165) is 32.1 Å². The Bertz CT molecular complexity index is 1200. The second kappa shape index (κ2) is 8.13. The number of pyridine rings is 1. The van der Waals surface area contributed by atoms with Gasteiger partial charge in [0, 0.05) is 32.4 Å². The van der Waals surface area contributed by atoms with Gasteiger partial charge in [0.25, 0.3) is 5.56 Å². The summed E-state index contributed by atoms with van der Waals surface area (Å²) >= 11 is 0. The number of nitrogens with zero attached hydrogens (tertiary/aromatic N) is 7. The van der Waals surface area contributed by atoms with Gasteiger partial charge in [0.15, 0.2) is 0 Å². The minimum Gasteiger partial charge on any atom is -0.340 e. The molecular weight excluding hydrogens is 368 g/mol. The molecule has 1 aliphatic heterocycles. The summed E-state index contributed by atoms with van der Waals surface area (Å²) in [6, 6.07) is 5.48. The average molecular weight is 388 g/mol. The average Bonchev–Trinajstić information content (AvgIpc) is 3.14. The van der Waals surface area contributed by atoms with Crippen LogP contribution in [0.4, 0.5) is 5.95 Å². The predicted molar refractivity (Wildman–Crippen MR) is 108 cm³/mol. The van der Waals surface area contributed by atoms with Crippen LogP contribution in [-0.2, 0) is 13.1 Å². The molecule has 4 heterocycles. The number of piperazine rings is 1. The minimum atomic E-state index is -0.274. The van der Waals surface area contributed by atoms with E-state index in [9.17, 15) is 10.1 Å². The zero-order valence-corrected chi connectivity index (χ0v) is 16.1. The molecular formula is C20H20N8O. The molecule has 1 fully saturated rings. The van der Waals surface area contributed by atoms with Crippen molar-refractivity contribution >= 4 is 17.0 Å². The van der Waals surface area contributed by atoms with Crippen LogP contribution in [0.3, 0.4) is 0 Å². The molecule has 29 heavy (non-hydrogen) atoms. The molecule has 0 radical (unpaired) electrons. The third-order valence-electron chi connectivity index (χ3n) is 4.85. The first-order valence-electron chi connectivity index (χ1n) is 9.38. The van der Waals surface area contributed by atoms with E-state index in [2.05, 4.69) is 43.2 Å². The molecule has 4 rings (SSSR count). The van der Waals surface area contributed by atoms with E-state index < -0.39 is 0 Å². The highest BCUT2D eigenvalue weighted by Crippen LogP contribution is 2.20. The molecule has 1 N–H and O–H groups in total. The molecule has 9 heteroatoms. The van der Waals surface area contributed by atoms with Gasteiger partial charge >= 0.3 is 0 Å². The van der Waals surface area contributed by atoms with E-state index in [1.54, 1.807) is 31.5 Å². The second-order valence-electron chi connectivity index (χ2n) is 6.61. The van der Waals surface area contributed by atoms with Crippen LogP contribution in [0.1, 0.15) is 18.2 Å². The Balaban J connectivity index is 1.82. The van der Waals surface area contributed by atoms with E-state index in [-0.39, 0.29) is 12.1 Å². The van der Waals surface area contributed by atoms with Gasteiger partial charge in [-0.25, -0.2) is 9.67 Å². The van der Waals surface area contributed by atoms with Gasteiger partial charge < -0.3 is 10.2 Å². The molecule has 0 unspecified atom stereocenters. The van der Waals surface area contributed by atoms with Crippen LogP contribution in [0.25, 0.3) is 11.0 Å². The zero-order chi connectivity index (χ0) is 20.2. The lowest BCUT2D eigenvalue weighted by Gasteiger charge is -2.28. The fourth-order valence-electron chi connectivity index (χ4n) is 3.41. The van der Waals surface area contributed by atoms with Crippen LogP contribution in [0, 0.1) is 23.2 Å². The van der Waals surface area contributed by atoms with Crippen LogP contribution in [0.5, 0.6) is 0 Å². The van der Waals surface area contributed by atoms with Crippen molar-refractivity contribution in [3.8, 4) is 17.9 Å². The molecule has 0 saturated carbocycles. The smallest absolute Gasteiger partial charge is 0.293 e. The van der Waals surface area contributed by atoms with Gasteiger partial charge in [0.1, 0.15) is 17.1 Å². The normalized spacial score (nSPS) is 13.7. The number of hydrogen-bond acceptors (Lipinski definition) is 7. The van der Waals surface area contributed by atoms with Crippen molar-refractivity contribution < 1.29 is 0 Å². The highest BCUT2D eigenvalue weighted by atomic mass is 16.1. The SMILES string of the molecule is CC#CCn1c(N2CCNCC2)nc2cnn(Cc3ncccc3C#N)c(=O)c21. The fourth-order valence-corrected chi connectivity index (χ4v) is 3.41. The second-order valence-corrected chi connectivity index (χ2v) is 6.61. The molecule has 0 bridgehead atoms. The third kappa shape index (κ3) is 3.56. The van der Waals surface area contributed by atoms with Crippen molar-refractivity contribution in [1.29, 1.82) is 5.26 Å². The summed E-state index contributed by atoms with van der Waals surface area (Å²) in [4.78, 5) is 24.3. The Morgan fingerprint density at radius 3 is 2.90 bits per heavy atom. The Morgan fingerprint density at radius 2 is 2.14 bits per heavy atom. The summed E-state index contributed by atoms with van der Waals surface area (Å²) in [5.41, 5.74) is 1.66. The van der Waals surface area contributed by atoms with Crippen molar-refractivity contribution in [3.05, 3.63) is 46.1 Å². The van der Waals surface area contributed by atoms with Gasteiger partial charge in [-0.2, -0.15) is 10.4 Å². The Morgan fingerprint density at radius 1 is 1.31 bits per heavy atom. The van der Waals surface area contributed by atoms with Crippen LogP contribution < -0.4 is 15.8 Å². The van der Waals surface area contributed by atoms with E-state index in [1.165, 1.54) is 4.68 Å². The predicted octanol–water partition coefficient (Wildman–Crippen LogP) is 0.341. The lowest BCUT2D eigenvalue weighted by molar-refractivity contribution is 0.572. The molecule has 3 aromatic heterocycles. The molecule has 0 atom stereocenters. The molecule has 0 spiro atoms. The number of nitriles is 1. The van der Waals surface area contributed by atoms with Crippen LogP contribution in [-0.4, -0.2) is 50.5 Å². The highest BCUT2D eigenvalue weighted by molar-refractivity contribution is 5.77. The molecule has 3 aromatic rings. The summed E-state index contributed by atoms with van der Waals surface area (Å²) < 4.78 is 3.19. The maximum absolute atomic E-state index is 13.3. The Hall–Kier alpha value is -3.69. The van der Waals surface area contributed by atoms with Gasteiger partial charge in [-0.1, -0.05) is 5.92 Å². The summed E-state index contributed by atoms with van der Waals surface area (Å²) in [5, 5.41) is 16.9. The first-order chi connectivity index (χ1) is 14.2. The van der Waals surface area contributed by atoms with Crippen molar-refractivity contribution in [2.45, 2.75) is 20.0 Å². The Labute approximate surface area is 167 Å². The summed E-state index contributed by atoms with van der Waals surface area (Å²) in [5.74, 6) is 6.67. The molecule has 1 aliphatic rings. The number of imidazole rings is 1. The quantitative estimate of drug-likeness (QED) is 0.643.